The van der Waals surface area contributed by atoms with Gasteiger partial charge in [-0.1, -0.05) is 55.5 Å². The van der Waals surface area contributed by atoms with Crippen molar-refractivity contribution in [3.8, 4) is 23.0 Å². The molecule has 6 aromatic rings. The number of piperidine rings is 2. The number of rotatable bonds is 11. The largest absolute Gasteiger partial charge is 0.486 e. The van der Waals surface area contributed by atoms with Crippen LogP contribution in [-0.2, 0) is 13.0 Å². The van der Waals surface area contributed by atoms with Gasteiger partial charge < -0.3 is 38.7 Å². The van der Waals surface area contributed by atoms with Crippen molar-refractivity contribution in [1.82, 2.24) is 39.5 Å². The minimum atomic E-state index is 0.0992. The topological polar surface area (TPSA) is 103 Å². The van der Waals surface area contributed by atoms with E-state index in [0.717, 1.165) is 132 Å². The maximum Gasteiger partial charge on any atom is 0.231 e. The molecule has 1 atom stereocenters. The van der Waals surface area contributed by atoms with E-state index in [1.165, 1.54) is 28.2 Å². The molecule has 2 aromatic heterocycles. The van der Waals surface area contributed by atoms with Crippen molar-refractivity contribution in [2.75, 3.05) is 72.3 Å². The molecule has 0 bridgehead atoms. The summed E-state index contributed by atoms with van der Waals surface area (Å²) in [5.41, 5.74) is 6.03. The van der Waals surface area contributed by atoms with Crippen LogP contribution >= 0.6 is 0 Å². The minimum Gasteiger partial charge on any atom is -0.486 e. The van der Waals surface area contributed by atoms with Gasteiger partial charge in [0.05, 0.1) is 22.1 Å². The van der Waals surface area contributed by atoms with Crippen LogP contribution in [0.4, 0.5) is 0 Å². The third-order valence-corrected chi connectivity index (χ3v) is 13.0. The van der Waals surface area contributed by atoms with Gasteiger partial charge in [0.2, 0.25) is 6.79 Å². The van der Waals surface area contributed by atoms with Crippen LogP contribution in [0.25, 0.3) is 22.1 Å². The van der Waals surface area contributed by atoms with Gasteiger partial charge in [-0.2, -0.15) is 0 Å². The van der Waals surface area contributed by atoms with Crippen LogP contribution in [0.15, 0.2) is 91.0 Å². The number of likely N-dealkylation sites (N-methyl/N-ethyl adjacent to an activating group) is 1. The Morgan fingerprint density at radius 3 is 2.10 bits per heavy atom. The first-order chi connectivity index (χ1) is 29.7. The highest BCUT2D eigenvalue weighted by atomic mass is 16.7. The summed E-state index contributed by atoms with van der Waals surface area (Å²) >= 11 is 0. The highest BCUT2D eigenvalue weighted by Gasteiger charge is 2.32. The smallest absolute Gasteiger partial charge is 0.231 e. The van der Waals surface area contributed by atoms with E-state index in [9.17, 15) is 0 Å². The van der Waals surface area contributed by atoms with Crippen LogP contribution < -0.4 is 29.6 Å². The van der Waals surface area contributed by atoms with Gasteiger partial charge in [0.25, 0.3) is 0 Å². The Morgan fingerprint density at radius 2 is 1.35 bits per heavy atom. The lowest BCUT2D eigenvalue weighted by atomic mass is 9.99. The quantitative estimate of drug-likeness (QED) is 0.134. The molecule has 5 aliphatic heterocycles. The van der Waals surface area contributed by atoms with Gasteiger partial charge in [-0.25, -0.2) is 9.97 Å². The molecular weight excluding hydrogens is 753 g/mol. The second-order valence-electron chi connectivity index (χ2n) is 16.9. The van der Waals surface area contributed by atoms with Crippen molar-refractivity contribution in [1.29, 1.82) is 0 Å². The van der Waals surface area contributed by atoms with Crippen molar-refractivity contribution in [3.63, 3.8) is 0 Å². The standard InChI is InChI=1S/C24H28N4O2.C24H30N4O2/c1-2-6-21-20(5-1)26-24(17-13-25-14-17)28(21)18-9-11-27(12-10-18)15-19-16-29-22-7-3-4-8-23(22)30-19;1-2-25-13-10-23-26-20-7-3-4-8-21(20)28(23)19-11-14-27(15-12-19)16-18-6-5-9-22-24(18)30-17-29-22/h1-8,17-19,25H,9-16H2;3-9,19,25H,2,10-17H2,1H3. The van der Waals surface area contributed by atoms with E-state index in [4.69, 9.17) is 28.9 Å². The lowest BCUT2D eigenvalue weighted by Crippen LogP contribution is -2.45. The van der Waals surface area contributed by atoms with Crippen LogP contribution in [0.5, 0.6) is 23.0 Å². The summed E-state index contributed by atoms with van der Waals surface area (Å²) in [6.07, 6.45) is 5.65. The van der Waals surface area contributed by atoms with E-state index in [0.29, 0.717) is 31.4 Å². The highest BCUT2D eigenvalue weighted by Crippen LogP contribution is 2.38. The molecule has 11 rings (SSSR count). The Hall–Kier alpha value is -5.14. The average Bonchev–Trinajstić information content (AvgIpc) is 4.00. The minimum absolute atomic E-state index is 0.0992. The van der Waals surface area contributed by atoms with Crippen molar-refractivity contribution in [3.05, 3.63) is 108 Å². The van der Waals surface area contributed by atoms with E-state index < -0.39 is 0 Å². The number of nitrogens with zero attached hydrogens (tertiary/aromatic N) is 6. The Balaban J connectivity index is 0.000000144. The second-order valence-corrected chi connectivity index (χ2v) is 16.9. The highest BCUT2D eigenvalue weighted by molar-refractivity contribution is 5.77. The molecule has 0 saturated carbocycles. The Bertz CT molecular complexity index is 2380. The summed E-state index contributed by atoms with van der Waals surface area (Å²) in [6, 6.07) is 32.4. The number of hydrogen-bond acceptors (Lipinski definition) is 10. The fourth-order valence-corrected chi connectivity index (χ4v) is 9.75. The third kappa shape index (κ3) is 8.18. The van der Waals surface area contributed by atoms with Crippen LogP contribution in [0.1, 0.15) is 67.8 Å². The number of ether oxygens (including phenoxy) is 4. The summed E-state index contributed by atoms with van der Waals surface area (Å²) in [5, 5.41) is 6.85. The maximum absolute atomic E-state index is 6.18. The molecule has 1 unspecified atom stereocenters. The van der Waals surface area contributed by atoms with E-state index >= 15 is 0 Å². The molecular formula is C48H58N8O4. The molecule has 5 aliphatic rings. The van der Waals surface area contributed by atoms with Crippen molar-refractivity contribution >= 4 is 22.1 Å². The molecule has 12 heteroatoms. The molecule has 12 nitrogen and oxygen atoms in total. The van der Waals surface area contributed by atoms with Crippen molar-refractivity contribution in [2.24, 2.45) is 0 Å². The molecule has 0 amide bonds. The van der Waals surface area contributed by atoms with Crippen LogP contribution in [0.3, 0.4) is 0 Å². The number of aromatic nitrogens is 4. The first-order valence-corrected chi connectivity index (χ1v) is 22.2. The van der Waals surface area contributed by atoms with Gasteiger partial charge >= 0.3 is 0 Å². The van der Waals surface area contributed by atoms with Crippen LogP contribution in [0.2, 0.25) is 0 Å². The summed E-state index contributed by atoms with van der Waals surface area (Å²) in [6.45, 7) is 13.3. The fourth-order valence-electron chi connectivity index (χ4n) is 9.75. The normalized spacial score (nSPS) is 20.0. The Morgan fingerprint density at radius 1 is 0.683 bits per heavy atom. The monoisotopic (exact) mass is 810 g/mol. The van der Waals surface area contributed by atoms with Gasteiger partial charge in [0, 0.05) is 88.9 Å². The van der Waals surface area contributed by atoms with Crippen LogP contribution in [-0.4, -0.2) is 107 Å². The van der Waals surface area contributed by atoms with Gasteiger partial charge in [-0.3, -0.25) is 9.80 Å². The second kappa shape index (κ2) is 17.8. The zero-order valence-corrected chi connectivity index (χ0v) is 34.8. The summed E-state index contributed by atoms with van der Waals surface area (Å²) < 4.78 is 28.4. The molecule has 60 heavy (non-hydrogen) atoms. The van der Waals surface area contributed by atoms with E-state index in [1.54, 1.807) is 0 Å². The Labute approximate surface area is 352 Å². The fraction of sp³-hybridized carbons (Fsp3) is 0.458. The number of imidazole rings is 2. The molecule has 3 fully saturated rings. The van der Waals surface area contributed by atoms with Gasteiger partial charge in [0.15, 0.2) is 23.0 Å². The number of para-hydroxylation sites is 7. The average molecular weight is 811 g/mol. The number of likely N-dealkylation sites (tertiary alicyclic amines) is 2. The lowest BCUT2D eigenvalue weighted by molar-refractivity contribution is 0.0484. The molecule has 4 aromatic carbocycles. The molecule has 3 saturated heterocycles. The first kappa shape index (κ1) is 39.0. The maximum atomic E-state index is 6.18. The Kier molecular flexibility index (Phi) is 11.6. The van der Waals surface area contributed by atoms with Crippen molar-refractivity contribution in [2.45, 2.75) is 69.7 Å². The zero-order valence-electron chi connectivity index (χ0n) is 34.8. The number of hydrogen-bond donors (Lipinski definition) is 2. The first-order valence-electron chi connectivity index (χ1n) is 22.2. The number of benzene rings is 4. The van der Waals surface area contributed by atoms with E-state index in [-0.39, 0.29) is 6.10 Å². The molecule has 7 heterocycles. The van der Waals surface area contributed by atoms with E-state index in [1.807, 2.05) is 30.3 Å². The summed E-state index contributed by atoms with van der Waals surface area (Å²) in [5.74, 6) is 6.55. The predicted octanol–water partition coefficient (Wildman–Crippen LogP) is 6.95. The molecule has 2 N–H and O–H groups in total. The zero-order chi connectivity index (χ0) is 40.3. The molecule has 314 valence electrons. The molecule has 0 radical (unpaired) electrons. The number of fused-ring (bicyclic) bond motifs is 4. The summed E-state index contributed by atoms with van der Waals surface area (Å²) in [7, 11) is 0. The van der Waals surface area contributed by atoms with Crippen LogP contribution in [0, 0.1) is 0 Å². The van der Waals surface area contributed by atoms with Gasteiger partial charge in [0.1, 0.15) is 24.4 Å². The van der Waals surface area contributed by atoms with Gasteiger partial charge in [-0.15, -0.1) is 0 Å². The lowest BCUT2D eigenvalue weighted by Gasteiger charge is -2.37. The van der Waals surface area contributed by atoms with E-state index in [2.05, 4.69) is 97.2 Å². The van der Waals surface area contributed by atoms with Gasteiger partial charge in [-0.05, 0) is 74.7 Å². The van der Waals surface area contributed by atoms with Crippen molar-refractivity contribution < 1.29 is 18.9 Å². The predicted molar refractivity (Wildman–Crippen MR) is 235 cm³/mol. The summed E-state index contributed by atoms with van der Waals surface area (Å²) in [4.78, 5) is 15.0. The number of nitrogens with one attached hydrogen (secondary N) is 2. The SMILES string of the molecule is CCNCCc1nc2ccccc2n1C1CCN(Cc2cccc3c2OCO3)CC1.c1ccc2c(c1)OCC(CN1CCC(n3c(C4CNC4)nc4ccccc43)CC1)O2. The molecule has 0 spiro atoms. The molecule has 0 aliphatic carbocycles. The third-order valence-electron chi connectivity index (χ3n) is 13.0.